The van der Waals surface area contributed by atoms with E-state index in [-0.39, 0.29) is 0 Å². The number of hydrogen-bond acceptors (Lipinski definition) is 0. The molecule has 152 valence electrons. The van der Waals surface area contributed by atoms with Gasteiger partial charge in [0.2, 0.25) is 0 Å². The normalized spacial score (nSPS) is 22.1. The molecule has 0 radical (unpaired) electrons. The Balaban J connectivity index is 2.47. The molecule has 0 amide bonds. The Hall–Kier alpha value is -1.30. The monoisotopic (exact) mass is 368 g/mol. The summed E-state index contributed by atoms with van der Waals surface area (Å²) in [6, 6.07) is 0. The fraction of sp³-hybridized carbons (Fsp3) is 0.630. The lowest BCUT2D eigenvalue weighted by Gasteiger charge is -2.30. The Morgan fingerprint density at radius 3 is 1.96 bits per heavy atom. The van der Waals surface area contributed by atoms with E-state index in [0.29, 0.717) is 11.8 Å². The molecule has 1 rings (SSSR count). The van der Waals surface area contributed by atoms with Crippen LogP contribution in [0, 0.1) is 23.7 Å². The highest BCUT2D eigenvalue weighted by Crippen LogP contribution is 2.37. The molecule has 0 bridgehead atoms. The van der Waals surface area contributed by atoms with Gasteiger partial charge in [-0.15, -0.1) is 6.58 Å². The summed E-state index contributed by atoms with van der Waals surface area (Å²) in [5.41, 5.74) is 5.83. The molecule has 1 fully saturated rings. The molecule has 1 saturated carbocycles. The summed E-state index contributed by atoms with van der Waals surface area (Å²) in [6.45, 7) is 21.8. The van der Waals surface area contributed by atoms with E-state index in [1.165, 1.54) is 55.2 Å². The van der Waals surface area contributed by atoms with Crippen molar-refractivity contribution in [2.24, 2.45) is 23.7 Å². The Bertz CT molecular complexity index is 555. The maximum atomic E-state index is 4.33. The average molecular weight is 369 g/mol. The molecule has 0 aromatic carbocycles. The maximum absolute atomic E-state index is 4.33. The molecule has 1 aliphatic rings. The molecule has 1 aliphatic carbocycles. The van der Waals surface area contributed by atoms with Crippen LogP contribution in [0.2, 0.25) is 0 Å². The van der Waals surface area contributed by atoms with Crippen LogP contribution in [0.15, 0.2) is 59.8 Å². The van der Waals surface area contributed by atoms with Crippen molar-refractivity contribution in [2.45, 2.75) is 86.5 Å². The minimum atomic E-state index is 0.518. The first-order valence-electron chi connectivity index (χ1n) is 11.1. The first-order valence-corrected chi connectivity index (χ1v) is 11.1. The molecule has 1 unspecified atom stereocenters. The molecule has 0 nitrogen and oxygen atoms in total. The second-order valence-corrected chi connectivity index (χ2v) is 9.30. The zero-order valence-electron chi connectivity index (χ0n) is 19.0. The Labute approximate surface area is 170 Å². The van der Waals surface area contributed by atoms with Crippen molar-refractivity contribution in [3.05, 3.63) is 59.8 Å². The third-order valence-electron chi connectivity index (χ3n) is 6.12. The average Bonchev–Trinajstić information content (AvgIpc) is 2.63. The minimum Gasteiger partial charge on any atom is -0.102 e. The fourth-order valence-corrected chi connectivity index (χ4v) is 4.36. The zero-order valence-corrected chi connectivity index (χ0v) is 19.0. The summed E-state index contributed by atoms with van der Waals surface area (Å²) in [6.07, 6.45) is 17.9. The van der Waals surface area contributed by atoms with Crippen molar-refractivity contribution >= 4 is 0 Å². The van der Waals surface area contributed by atoms with Crippen molar-refractivity contribution in [3.63, 3.8) is 0 Å². The van der Waals surface area contributed by atoms with Gasteiger partial charge in [0.15, 0.2) is 0 Å². The first kappa shape index (κ1) is 23.7. The topological polar surface area (TPSA) is 0 Å². The molecule has 0 aliphatic heterocycles. The summed E-state index contributed by atoms with van der Waals surface area (Å²) in [5, 5.41) is 0. The van der Waals surface area contributed by atoms with Gasteiger partial charge in [-0.3, -0.25) is 0 Å². The molecule has 0 saturated heterocycles. The van der Waals surface area contributed by atoms with Crippen LogP contribution >= 0.6 is 0 Å². The van der Waals surface area contributed by atoms with Crippen molar-refractivity contribution in [2.75, 3.05) is 0 Å². The third-order valence-corrected chi connectivity index (χ3v) is 6.12. The fourth-order valence-electron chi connectivity index (χ4n) is 4.36. The van der Waals surface area contributed by atoms with Crippen LogP contribution in [0.25, 0.3) is 0 Å². The van der Waals surface area contributed by atoms with Gasteiger partial charge >= 0.3 is 0 Å². The number of allylic oxidation sites excluding steroid dienone is 8. The van der Waals surface area contributed by atoms with Crippen LogP contribution in [-0.2, 0) is 0 Å². The van der Waals surface area contributed by atoms with Gasteiger partial charge < -0.3 is 0 Å². The second-order valence-electron chi connectivity index (χ2n) is 9.30. The van der Waals surface area contributed by atoms with E-state index >= 15 is 0 Å². The van der Waals surface area contributed by atoms with Crippen LogP contribution in [0.3, 0.4) is 0 Å². The van der Waals surface area contributed by atoms with Crippen molar-refractivity contribution in [3.8, 4) is 0 Å². The molecule has 27 heavy (non-hydrogen) atoms. The predicted octanol–water partition coefficient (Wildman–Crippen LogP) is 8.84. The maximum Gasteiger partial charge on any atom is -0.00518 e. The highest BCUT2D eigenvalue weighted by molar-refractivity contribution is 5.26. The Kier molecular flexibility index (Phi) is 10.7. The smallest absolute Gasteiger partial charge is 0.00518 e. The lowest BCUT2D eigenvalue weighted by atomic mass is 9.75. The van der Waals surface area contributed by atoms with E-state index in [1.807, 2.05) is 0 Å². The Morgan fingerprint density at radius 2 is 1.52 bits per heavy atom. The summed E-state index contributed by atoms with van der Waals surface area (Å²) >= 11 is 0. The quantitative estimate of drug-likeness (QED) is 0.267. The van der Waals surface area contributed by atoms with Gasteiger partial charge in [-0.1, -0.05) is 73.9 Å². The SMILES string of the molecule is C=CC(C)C(CC1CCC(CC(=C)C=CC(=CC)CC(C)C)CC1)=C(C)C. The molecule has 0 heterocycles. The molecule has 0 N–H and O–H groups in total. The number of hydrogen-bond donors (Lipinski definition) is 0. The van der Waals surface area contributed by atoms with Crippen LogP contribution in [0.4, 0.5) is 0 Å². The highest BCUT2D eigenvalue weighted by atomic mass is 14.3. The Morgan fingerprint density at radius 1 is 0.963 bits per heavy atom. The summed E-state index contributed by atoms with van der Waals surface area (Å²) in [5.74, 6) is 2.91. The number of rotatable bonds is 10. The van der Waals surface area contributed by atoms with Gasteiger partial charge in [0.05, 0.1) is 0 Å². The van der Waals surface area contributed by atoms with Crippen LogP contribution < -0.4 is 0 Å². The summed E-state index contributed by atoms with van der Waals surface area (Å²) in [4.78, 5) is 0. The molecule has 0 spiro atoms. The second kappa shape index (κ2) is 12.2. The van der Waals surface area contributed by atoms with Crippen molar-refractivity contribution in [1.29, 1.82) is 0 Å². The standard InChI is InChI=1S/C27H44/c1-9-23(8)27(21(5)6)19-26-15-13-25(14-16-26)18-22(7)11-12-24(10-2)17-20(3)4/h9-12,20,23,25-26H,1,7,13-19H2,2-6,8H3. The van der Waals surface area contributed by atoms with Gasteiger partial charge in [-0.25, -0.2) is 0 Å². The van der Waals surface area contributed by atoms with Crippen molar-refractivity contribution in [1.82, 2.24) is 0 Å². The molecular weight excluding hydrogens is 324 g/mol. The van der Waals surface area contributed by atoms with E-state index < -0.39 is 0 Å². The highest BCUT2D eigenvalue weighted by Gasteiger charge is 2.23. The predicted molar refractivity (Wildman–Crippen MR) is 124 cm³/mol. The molecule has 0 heteroatoms. The molecule has 0 aromatic rings. The van der Waals surface area contributed by atoms with Gasteiger partial charge in [0, 0.05) is 0 Å². The van der Waals surface area contributed by atoms with Crippen LogP contribution in [0.1, 0.15) is 86.5 Å². The largest absolute Gasteiger partial charge is 0.102 e. The van der Waals surface area contributed by atoms with E-state index in [0.717, 1.165) is 18.3 Å². The van der Waals surface area contributed by atoms with E-state index in [2.05, 4.69) is 79.0 Å². The first-order chi connectivity index (χ1) is 12.8. The van der Waals surface area contributed by atoms with Gasteiger partial charge in [-0.2, -0.15) is 0 Å². The van der Waals surface area contributed by atoms with E-state index in [1.54, 1.807) is 5.57 Å². The van der Waals surface area contributed by atoms with Gasteiger partial charge in [0.25, 0.3) is 0 Å². The zero-order chi connectivity index (χ0) is 20.4. The lowest BCUT2D eigenvalue weighted by Crippen LogP contribution is -2.16. The van der Waals surface area contributed by atoms with E-state index in [9.17, 15) is 0 Å². The van der Waals surface area contributed by atoms with E-state index in [4.69, 9.17) is 0 Å². The van der Waals surface area contributed by atoms with Gasteiger partial charge in [-0.05, 0) is 89.4 Å². The van der Waals surface area contributed by atoms with Crippen LogP contribution in [-0.4, -0.2) is 0 Å². The molecule has 1 atom stereocenters. The third kappa shape index (κ3) is 8.96. The van der Waals surface area contributed by atoms with Crippen molar-refractivity contribution < 1.29 is 0 Å². The van der Waals surface area contributed by atoms with Gasteiger partial charge in [0.1, 0.15) is 0 Å². The molecule has 0 aromatic heterocycles. The summed E-state index contributed by atoms with van der Waals surface area (Å²) < 4.78 is 0. The molecular formula is C27H44. The van der Waals surface area contributed by atoms with Crippen LogP contribution in [0.5, 0.6) is 0 Å². The summed E-state index contributed by atoms with van der Waals surface area (Å²) in [7, 11) is 0. The minimum absolute atomic E-state index is 0.518. The lowest BCUT2D eigenvalue weighted by molar-refractivity contribution is 0.270.